The second-order valence-electron chi connectivity index (χ2n) is 7.61. The molecule has 8 nitrogen and oxygen atoms in total. The maximum atomic E-state index is 13.5. The smallest absolute Gasteiger partial charge is 0.244 e. The predicted octanol–water partition coefficient (Wildman–Crippen LogP) is 2.98. The minimum atomic E-state index is -3.82. The first kappa shape index (κ1) is 26.5. The van der Waals surface area contributed by atoms with Crippen molar-refractivity contribution in [1.29, 1.82) is 0 Å². The third kappa shape index (κ3) is 6.85. The van der Waals surface area contributed by atoms with Crippen LogP contribution in [0.5, 0.6) is 5.75 Å². The summed E-state index contributed by atoms with van der Waals surface area (Å²) in [6.07, 6.45) is 1.38. The van der Waals surface area contributed by atoms with Crippen LogP contribution >= 0.6 is 11.6 Å². The molecule has 0 aromatic heterocycles. The molecular weight excluding hydrogens is 466 g/mol. The lowest BCUT2D eigenvalue weighted by molar-refractivity contribution is -0.140. The Morgan fingerprint density at radius 3 is 2.45 bits per heavy atom. The monoisotopic (exact) mass is 495 g/mol. The van der Waals surface area contributed by atoms with Gasteiger partial charge in [0.15, 0.2) is 0 Å². The highest BCUT2D eigenvalue weighted by Crippen LogP contribution is 2.27. The maximum absolute atomic E-state index is 13.5. The van der Waals surface area contributed by atoms with E-state index in [1.165, 1.54) is 18.0 Å². The molecule has 2 aromatic carbocycles. The average Bonchev–Trinajstić information content (AvgIpc) is 2.78. The van der Waals surface area contributed by atoms with E-state index in [1.54, 1.807) is 51.3 Å². The van der Waals surface area contributed by atoms with E-state index in [0.717, 1.165) is 16.1 Å². The third-order valence-electron chi connectivity index (χ3n) is 5.24. The summed E-state index contributed by atoms with van der Waals surface area (Å²) in [6, 6.07) is 11.2. The molecule has 10 heteroatoms. The summed E-state index contributed by atoms with van der Waals surface area (Å²) >= 11 is 6.10. The molecule has 180 valence electrons. The van der Waals surface area contributed by atoms with E-state index in [-0.39, 0.29) is 12.5 Å². The molecule has 0 aliphatic rings. The van der Waals surface area contributed by atoms with Gasteiger partial charge in [-0.05, 0) is 48.7 Å². The quantitative estimate of drug-likeness (QED) is 0.546. The molecule has 0 bridgehead atoms. The lowest BCUT2D eigenvalue weighted by Gasteiger charge is -2.33. The van der Waals surface area contributed by atoms with Gasteiger partial charge in [0.05, 0.1) is 19.1 Å². The first-order valence-corrected chi connectivity index (χ1v) is 12.6. The number of nitrogens with zero attached hydrogens (tertiary/aromatic N) is 2. The Kier molecular flexibility index (Phi) is 9.13. The second-order valence-corrected chi connectivity index (χ2v) is 9.96. The third-order valence-corrected chi connectivity index (χ3v) is 6.60. The Balaban J connectivity index is 2.48. The van der Waals surface area contributed by atoms with E-state index in [9.17, 15) is 18.0 Å². The SMILES string of the molecule is CC[C@@H](C(=O)NC)N(Cc1cccc(OC)c1)C(=O)CN(c1cc(Cl)ccc1C)S(C)(=O)=O. The van der Waals surface area contributed by atoms with E-state index in [1.807, 2.05) is 6.07 Å². The van der Waals surface area contributed by atoms with Crippen molar-refractivity contribution < 1.29 is 22.7 Å². The van der Waals surface area contributed by atoms with Crippen LogP contribution in [0.4, 0.5) is 5.69 Å². The number of ether oxygens (including phenoxy) is 1. The maximum Gasteiger partial charge on any atom is 0.244 e. The van der Waals surface area contributed by atoms with Crippen molar-refractivity contribution in [2.45, 2.75) is 32.9 Å². The van der Waals surface area contributed by atoms with Gasteiger partial charge in [-0.15, -0.1) is 0 Å². The van der Waals surface area contributed by atoms with Crippen molar-refractivity contribution in [2.75, 3.05) is 31.3 Å². The summed E-state index contributed by atoms with van der Waals surface area (Å²) in [6.45, 7) is 3.16. The van der Waals surface area contributed by atoms with Gasteiger partial charge in [0.2, 0.25) is 21.8 Å². The number of sulfonamides is 1. The standard InChI is InChI=1S/C23H30ClN3O5S/c1-6-20(23(29)25-3)26(14-17-8-7-9-19(12-17)32-4)22(28)15-27(33(5,30)31)21-13-18(24)11-10-16(21)2/h7-13,20H,6,14-15H2,1-5H3,(H,25,29)/t20-/m0/s1. The zero-order valence-electron chi connectivity index (χ0n) is 19.5. The lowest BCUT2D eigenvalue weighted by atomic mass is 10.1. The molecule has 2 rings (SSSR count). The molecule has 1 atom stereocenters. The summed E-state index contributed by atoms with van der Waals surface area (Å²) in [7, 11) is -0.783. The van der Waals surface area contributed by atoms with Gasteiger partial charge in [-0.2, -0.15) is 0 Å². The minimum absolute atomic E-state index is 0.105. The largest absolute Gasteiger partial charge is 0.497 e. The Labute approximate surface area is 200 Å². The number of hydrogen-bond donors (Lipinski definition) is 1. The molecule has 33 heavy (non-hydrogen) atoms. The second kappa shape index (κ2) is 11.4. The highest BCUT2D eigenvalue weighted by molar-refractivity contribution is 7.92. The molecule has 0 radical (unpaired) electrons. The lowest BCUT2D eigenvalue weighted by Crippen LogP contribution is -2.51. The van der Waals surface area contributed by atoms with Crippen LogP contribution < -0.4 is 14.4 Å². The fourth-order valence-corrected chi connectivity index (χ4v) is 4.56. The van der Waals surface area contributed by atoms with Crippen molar-refractivity contribution in [2.24, 2.45) is 0 Å². The molecule has 2 aromatic rings. The molecule has 0 fully saturated rings. The number of rotatable bonds is 10. The topological polar surface area (TPSA) is 96.0 Å². The van der Waals surface area contributed by atoms with Crippen LogP contribution in [0.1, 0.15) is 24.5 Å². The number of benzene rings is 2. The number of hydrogen-bond acceptors (Lipinski definition) is 5. The van der Waals surface area contributed by atoms with Crippen molar-refractivity contribution in [3.63, 3.8) is 0 Å². The van der Waals surface area contributed by atoms with Gasteiger partial charge in [0.25, 0.3) is 0 Å². The zero-order valence-corrected chi connectivity index (χ0v) is 21.0. The first-order valence-electron chi connectivity index (χ1n) is 10.4. The van der Waals surface area contributed by atoms with Gasteiger partial charge >= 0.3 is 0 Å². The predicted molar refractivity (Wildman–Crippen MR) is 130 cm³/mol. The van der Waals surface area contributed by atoms with Crippen LogP contribution in [0.15, 0.2) is 42.5 Å². The normalized spacial score (nSPS) is 12.1. The van der Waals surface area contributed by atoms with Gasteiger partial charge in [0.1, 0.15) is 18.3 Å². The molecular formula is C23H30ClN3O5S. The van der Waals surface area contributed by atoms with Crippen molar-refractivity contribution in [1.82, 2.24) is 10.2 Å². The Bertz CT molecular complexity index is 1110. The average molecular weight is 496 g/mol. The van der Waals surface area contributed by atoms with E-state index < -0.39 is 28.5 Å². The number of carbonyl (C=O) groups excluding carboxylic acids is 2. The fraction of sp³-hybridized carbons (Fsp3) is 0.391. The number of likely N-dealkylation sites (N-methyl/N-ethyl adjacent to an activating group) is 1. The number of carbonyl (C=O) groups is 2. The summed E-state index contributed by atoms with van der Waals surface area (Å²) in [5.41, 5.74) is 1.71. The van der Waals surface area contributed by atoms with E-state index >= 15 is 0 Å². The highest BCUT2D eigenvalue weighted by Gasteiger charge is 2.31. The highest BCUT2D eigenvalue weighted by atomic mass is 35.5. The van der Waals surface area contributed by atoms with E-state index in [0.29, 0.717) is 28.4 Å². The molecule has 0 saturated heterocycles. The summed E-state index contributed by atoms with van der Waals surface area (Å²) in [4.78, 5) is 27.5. The summed E-state index contributed by atoms with van der Waals surface area (Å²) < 4.78 is 31.6. The Hall–Kier alpha value is -2.78. The van der Waals surface area contributed by atoms with Gasteiger partial charge in [-0.25, -0.2) is 8.42 Å². The molecule has 2 amide bonds. The molecule has 0 spiro atoms. The van der Waals surface area contributed by atoms with Crippen LogP contribution in [-0.4, -0.2) is 58.1 Å². The molecule has 0 aliphatic carbocycles. The minimum Gasteiger partial charge on any atom is -0.497 e. The van der Waals surface area contributed by atoms with Gasteiger partial charge in [0, 0.05) is 18.6 Å². The van der Waals surface area contributed by atoms with Gasteiger partial charge in [-0.3, -0.25) is 13.9 Å². The first-order chi connectivity index (χ1) is 15.5. The molecule has 0 aliphatic heterocycles. The fourth-order valence-electron chi connectivity index (χ4n) is 3.50. The molecule has 1 N–H and O–H groups in total. The number of nitrogens with one attached hydrogen (secondary N) is 1. The van der Waals surface area contributed by atoms with E-state index in [2.05, 4.69) is 5.32 Å². The van der Waals surface area contributed by atoms with Gasteiger partial charge in [-0.1, -0.05) is 36.7 Å². The summed E-state index contributed by atoms with van der Waals surface area (Å²) in [5, 5.41) is 2.93. The Morgan fingerprint density at radius 1 is 1.18 bits per heavy atom. The van der Waals surface area contributed by atoms with Crippen molar-refractivity contribution in [3.8, 4) is 5.75 Å². The number of halogens is 1. The van der Waals surface area contributed by atoms with Crippen LogP contribution in [0.3, 0.4) is 0 Å². The summed E-state index contributed by atoms with van der Waals surface area (Å²) in [5.74, 6) is -0.239. The van der Waals surface area contributed by atoms with Crippen LogP contribution in [-0.2, 0) is 26.2 Å². The van der Waals surface area contributed by atoms with Gasteiger partial charge < -0.3 is 15.0 Å². The van der Waals surface area contributed by atoms with Crippen molar-refractivity contribution >= 4 is 39.1 Å². The number of anilines is 1. The van der Waals surface area contributed by atoms with Crippen molar-refractivity contribution in [3.05, 3.63) is 58.6 Å². The molecule has 0 saturated carbocycles. The Morgan fingerprint density at radius 2 is 1.88 bits per heavy atom. The van der Waals surface area contributed by atoms with Crippen LogP contribution in [0.25, 0.3) is 0 Å². The number of aryl methyl sites for hydroxylation is 1. The number of amides is 2. The number of methoxy groups -OCH3 is 1. The molecule has 0 heterocycles. The van der Waals surface area contributed by atoms with Crippen LogP contribution in [0.2, 0.25) is 5.02 Å². The van der Waals surface area contributed by atoms with E-state index in [4.69, 9.17) is 16.3 Å². The molecule has 0 unspecified atom stereocenters. The zero-order chi connectivity index (χ0) is 24.8. The van der Waals surface area contributed by atoms with Crippen LogP contribution in [0, 0.1) is 6.92 Å².